The molecule has 3 rings (SSSR count). The SMILES string of the molecule is CCC[C@@H](C(C)CC)C(CC(=O)N1CCCC1C(OC)C(C)C(=O)C[C@H]1C[C@@H]1c1ccccc1)OC. The van der Waals surface area contributed by atoms with Gasteiger partial charge in [-0.25, -0.2) is 0 Å². The van der Waals surface area contributed by atoms with Crippen LogP contribution in [0.5, 0.6) is 0 Å². The lowest BCUT2D eigenvalue weighted by molar-refractivity contribution is -0.142. The molecule has 0 N–H and O–H groups in total. The fourth-order valence-corrected chi connectivity index (χ4v) is 6.52. The summed E-state index contributed by atoms with van der Waals surface area (Å²) in [6.45, 7) is 9.41. The standard InChI is InChI=1S/C31H49NO4/c1-7-13-25(21(3)8-2)29(35-5)20-30(34)32-17-12-16-27(32)31(36-6)22(4)28(33)19-24-18-26(24)23-14-10-9-11-15-23/h9-11,14-15,21-22,24-27,29,31H,7-8,12-13,16-20H2,1-6H3/t21?,22?,24-,25+,26-,27?,29?,31?/m1/s1. The quantitative estimate of drug-likeness (QED) is 0.286. The van der Waals surface area contributed by atoms with Crippen molar-refractivity contribution in [2.75, 3.05) is 20.8 Å². The van der Waals surface area contributed by atoms with Gasteiger partial charge in [-0.15, -0.1) is 0 Å². The predicted molar refractivity (Wildman–Crippen MR) is 145 cm³/mol. The van der Waals surface area contributed by atoms with Gasteiger partial charge in [0.05, 0.1) is 24.7 Å². The number of Topliss-reactive ketones (excluding diaryl/α,β-unsaturated/α-hetero) is 1. The van der Waals surface area contributed by atoms with Crippen molar-refractivity contribution < 1.29 is 19.1 Å². The Bertz CT molecular complexity index is 827. The lowest BCUT2D eigenvalue weighted by Crippen LogP contribution is -2.49. The number of nitrogens with zero attached hydrogens (tertiary/aromatic N) is 1. The van der Waals surface area contributed by atoms with Crippen LogP contribution in [0.3, 0.4) is 0 Å². The summed E-state index contributed by atoms with van der Waals surface area (Å²) in [7, 11) is 3.43. The monoisotopic (exact) mass is 499 g/mol. The van der Waals surface area contributed by atoms with Crippen molar-refractivity contribution in [2.45, 2.75) is 103 Å². The molecule has 1 saturated carbocycles. The molecule has 0 bridgehead atoms. The molecule has 2 fully saturated rings. The number of ether oxygens (including phenoxy) is 2. The first-order chi connectivity index (χ1) is 17.4. The normalized spacial score (nSPS) is 25.7. The van der Waals surface area contributed by atoms with Crippen LogP contribution in [0.25, 0.3) is 0 Å². The summed E-state index contributed by atoms with van der Waals surface area (Å²) in [6.07, 6.45) is 6.84. The van der Waals surface area contributed by atoms with Gasteiger partial charge in [-0.2, -0.15) is 0 Å². The maximum Gasteiger partial charge on any atom is 0.225 e. The number of methoxy groups -OCH3 is 2. The minimum atomic E-state index is -0.264. The van der Waals surface area contributed by atoms with Crippen molar-refractivity contribution in [1.29, 1.82) is 0 Å². The highest BCUT2D eigenvalue weighted by atomic mass is 16.5. The average molecular weight is 500 g/mol. The van der Waals surface area contributed by atoms with Crippen molar-refractivity contribution in [3.05, 3.63) is 35.9 Å². The lowest BCUT2D eigenvalue weighted by atomic mass is 9.82. The van der Waals surface area contributed by atoms with E-state index < -0.39 is 0 Å². The summed E-state index contributed by atoms with van der Waals surface area (Å²) in [5, 5.41) is 0. The predicted octanol–water partition coefficient (Wildman–Crippen LogP) is 6.26. The highest BCUT2D eigenvalue weighted by Crippen LogP contribution is 2.50. The molecule has 1 aliphatic carbocycles. The third kappa shape index (κ3) is 6.98. The molecule has 0 aromatic heterocycles. The fraction of sp³-hybridized carbons (Fsp3) is 0.742. The van der Waals surface area contributed by atoms with Crippen LogP contribution in [0.4, 0.5) is 0 Å². The topological polar surface area (TPSA) is 55.8 Å². The third-order valence-electron chi connectivity index (χ3n) is 9.04. The van der Waals surface area contributed by atoms with Gasteiger partial charge in [0.2, 0.25) is 5.91 Å². The second-order valence-corrected chi connectivity index (χ2v) is 11.3. The van der Waals surface area contributed by atoms with Crippen molar-refractivity contribution in [2.24, 2.45) is 23.7 Å². The molecule has 1 amide bonds. The zero-order valence-corrected chi connectivity index (χ0v) is 23.4. The minimum absolute atomic E-state index is 0.0451. The van der Waals surface area contributed by atoms with Gasteiger partial charge in [0.1, 0.15) is 5.78 Å². The zero-order valence-electron chi connectivity index (χ0n) is 23.4. The second kappa shape index (κ2) is 13.7. The number of carbonyl (C=O) groups excluding carboxylic acids is 2. The molecule has 202 valence electrons. The maximum atomic E-state index is 13.6. The summed E-state index contributed by atoms with van der Waals surface area (Å²) in [4.78, 5) is 28.8. The number of carbonyl (C=O) groups is 2. The van der Waals surface area contributed by atoms with E-state index in [0.29, 0.717) is 36.5 Å². The Hall–Kier alpha value is -1.72. The summed E-state index contributed by atoms with van der Waals surface area (Å²) < 4.78 is 11.8. The molecule has 8 atom stereocenters. The van der Waals surface area contributed by atoms with Crippen LogP contribution in [-0.2, 0) is 19.1 Å². The van der Waals surface area contributed by atoms with Gasteiger partial charge in [0.15, 0.2) is 0 Å². The van der Waals surface area contributed by atoms with E-state index in [1.165, 1.54) is 5.56 Å². The molecule has 1 saturated heterocycles. The first-order valence-corrected chi connectivity index (χ1v) is 14.3. The Kier molecular flexibility index (Phi) is 11.0. The molecule has 5 unspecified atom stereocenters. The van der Waals surface area contributed by atoms with Crippen LogP contribution in [0.1, 0.15) is 90.5 Å². The van der Waals surface area contributed by atoms with Crippen molar-refractivity contribution in [3.63, 3.8) is 0 Å². The Morgan fingerprint density at radius 1 is 1.08 bits per heavy atom. The zero-order chi connectivity index (χ0) is 26.2. The fourth-order valence-electron chi connectivity index (χ4n) is 6.52. The number of hydrogen-bond acceptors (Lipinski definition) is 4. The van der Waals surface area contributed by atoms with Gasteiger partial charge in [-0.05, 0) is 54.9 Å². The molecule has 1 aromatic carbocycles. The van der Waals surface area contributed by atoms with Crippen LogP contribution in [0.15, 0.2) is 30.3 Å². The van der Waals surface area contributed by atoms with E-state index in [0.717, 1.165) is 45.1 Å². The molecule has 5 heteroatoms. The van der Waals surface area contributed by atoms with Gasteiger partial charge < -0.3 is 14.4 Å². The third-order valence-corrected chi connectivity index (χ3v) is 9.04. The molecule has 5 nitrogen and oxygen atoms in total. The molecular weight excluding hydrogens is 450 g/mol. The van der Waals surface area contributed by atoms with E-state index in [2.05, 4.69) is 45.0 Å². The van der Waals surface area contributed by atoms with E-state index in [1.54, 1.807) is 14.2 Å². The molecule has 1 aromatic rings. The van der Waals surface area contributed by atoms with E-state index in [4.69, 9.17) is 9.47 Å². The number of amides is 1. The minimum Gasteiger partial charge on any atom is -0.381 e. The molecule has 2 aliphatic rings. The number of likely N-dealkylation sites (tertiary alicyclic amines) is 1. The van der Waals surface area contributed by atoms with Crippen molar-refractivity contribution >= 4 is 11.7 Å². The molecule has 1 aliphatic heterocycles. The van der Waals surface area contributed by atoms with Gasteiger partial charge in [-0.1, -0.05) is 70.9 Å². The Balaban J connectivity index is 1.61. The first-order valence-electron chi connectivity index (χ1n) is 14.3. The number of hydrogen-bond donors (Lipinski definition) is 0. The van der Waals surface area contributed by atoms with E-state index >= 15 is 0 Å². The van der Waals surface area contributed by atoms with Gasteiger partial charge in [0.25, 0.3) is 0 Å². The number of ketones is 1. The largest absolute Gasteiger partial charge is 0.381 e. The van der Waals surface area contributed by atoms with Crippen LogP contribution >= 0.6 is 0 Å². The molecular formula is C31H49NO4. The van der Waals surface area contributed by atoms with Crippen LogP contribution in [0.2, 0.25) is 0 Å². The van der Waals surface area contributed by atoms with Gasteiger partial charge >= 0.3 is 0 Å². The van der Waals surface area contributed by atoms with Crippen molar-refractivity contribution in [1.82, 2.24) is 4.90 Å². The lowest BCUT2D eigenvalue weighted by Gasteiger charge is -2.36. The maximum absolute atomic E-state index is 13.6. The summed E-state index contributed by atoms with van der Waals surface area (Å²) >= 11 is 0. The Labute approximate surface area is 219 Å². The Morgan fingerprint density at radius 2 is 1.81 bits per heavy atom. The summed E-state index contributed by atoms with van der Waals surface area (Å²) in [5.74, 6) is 2.01. The highest BCUT2D eigenvalue weighted by Gasteiger charge is 2.44. The highest BCUT2D eigenvalue weighted by molar-refractivity contribution is 5.82. The second-order valence-electron chi connectivity index (χ2n) is 11.3. The number of rotatable bonds is 15. The first kappa shape index (κ1) is 28.8. The van der Waals surface area contributed by atoms with Crippen LogP contribution < -0.4 is 0 Å². The molecule has 0 spiro atoms. The smallest absolute Gasteiger partial charge is 0.225 e. The summed E-state index contributed by atoms with van der Waals surface area (Å²) in [5.41, 5.74) is 1.34. The van der Waals surface area contributed by atoms with Crippen LogP contribution in [0, 0.1) is 23.7 Å². The van der Waals surface area contributed by atoms with E-state index in [1.807, 2.05) is 17.9 Å². The van der Waals surface area contributed by atoms with Crippen molar-refractivity contribution in [3.8, 4) is 0 Å². The van der Waals surface area contributed by atoms with Gasteiger partial charge in [-0.3, -0.25) is 9.59 Å². The van der Waals surface area contributed by atoms with E-state index in [9.17, 15) is 9.59 Å². The number of benzene rings is 1. The Morgan fingerprint density at radius 3 is 2.42 bits per heavy atom. The van der Waals surface area contributed by atoms with Gasteiger partial charge in [0, 0.05) is 33.1 Å². The summed E-state index contributed by atoms with van der Waals surface area (Å²) in [6, 6.07) is 10.5. The average Bonchev–Trinajstić information content (AvgIpc) is 3.49. The molecule has 0 radical (unpaired) electrons. The molecule has 36 heavy (non-hydrogen) atoms. The van der Waals surface area contributed by atoms with E-state index in [-0.39, 0.29) is 35.9 Å². The van der Waals surface area contributed by atoms with Crippen LogP contribution in [-0.4, -0.2) is 55.6 Å². The molecule has 1 heterocycles.